The van der Waals surface area contributed by atoms with E-state index in [1.807, 2.05) is 24.3 Å². The minimum absolute atomic E-state index is 0.144. The molecule has 0 saturated carbocycles. The molecule has 0 saturated heterocycles. The van der Waals surface area contributed by atoms with Gasteiger partial charge in [-0.3, -0.25) is 4.79 Å². The molecule has 0 fully saturated rings. The van der Waals surface area contributed by atoms with Gasteiger partial charge in [0.25, 0.3) is 5.89 Å². The summed E-state index contributed by atoms with van der Waals surface area (Å²) in [6.07, 6.45) is 0.943. The van der Waals surface area contributed by atoms with Gasteiger partial charge in [-0.1, -0.05) is 48.5 Å². The molecule has 2 heterocycles. The van der Waals surface area contributed by atoms with Crippen molar-refractivity contribution in [1.29, 1.82) is 0 Å². The molecular weight excluding hydrogens is 360 g/mol. The van der Waals surface area contributed by atoms with Crippen LogP contribution in [0.3, 0.4) is 0 Å². The smallest absolute Gasteiger partial charge is 0.374 e. The van der Waals surface area contributed by atoms with Crippen LogP contribution < -0.4 is 5.43 Å². The van der Waals surface area contributed by atoms with Crippen molar-refractivity contribution in [3.8, 4) is 11.4 Å². The average Bonchev–Trinajstić information content (AvgIpc) is 3.21. The first-order valence-corrected chi connectivity index (χ1v) is 8.76. The van der Waals surface area contributed by atoms with Crippen molar-refractivity contribution < 1.29 is 18.5 Å². The molecule has 140 valence electrons. The number of nitrogens with zero attached hydrogens (tertiary/aromatic N) is 2. The van der Waals surface area contributed by atoms with Crippen molar-refractivity contribution in [3.63, 3.8) is 0 Å². The number of fused-ring (bicyclic) bond motifs is 1. The lowest BCUT2D eigenvalue weighted by Crippen LogP contribution is -2.10. The molecule has 4 aromatic rings. The number of carbonyl (C=O) groups excluding carboxylic acids is 1. The van der Waals surface area contributed by atoms with Gasteiger partial charge in [-0.05, 0) is 24.1 Å². The van der Waals surface area contributed by atoms with Crippen molar-refractivity contribution >= 4 is 16.9 Å². The van der Waals surface area contributed by atoms with E-state index in [0.717, 1.165) is 18.1 Å². The van der Waals surface area contributed by atoms with Gasteiger partial charge in [-0.15, -0.1) is 0 Å². The second-order valence-corrected chi connectivity index (χ2v) is 6.11. The van der Waals surface area contributed by atoms with Crippen molar-refractivity contribution in [2.45, 2.75) is 20.0 Å². The van der Waals surface area contributed by atoms with Crippen LogP contribution >= 0.6 is 0 Å². The summed E-state index contributed by atoms with van der Waals surface area (Å²) in [6.45, 7) is 1.85. The van der Waals surface area contributed by atoms with Crippen molar-refractivity contribution in [3.05, 3.63) is 82.0 Å². The highest BCUT2D eigenvalue weighted by Crippen LogP contribution is 2.18. The van der Waals surface area contributed by atoms with Crippen molar-refractivity contribution in [2.75, 3.05) is 0 Å². The molecule has 7 nitrogen and oxygen atoms in total. The molecule has 0 N–H and O–H groups in total. The minimum atomic E-state index is -0.782. The summed E-state index contributed by atoms with van der Waals surface area (Å²) in [4.78, 5) is 28.5. The lowest BCUT2D eigenvalue weighted by molar-refractivity contribution is 0.0394. The van der Waals surface area contributed by atoms with Crippen LogP contribution in [0.5, 0.6) is 0 Å². The van der Waals surface area contributed by atoms with Crippen LogP contribution in [0.25, 0.3) is 22.4 Å². The highest BCUT2D eigenvalue weighted by Gasteiger charge is 2.16. The number of rotatable bonds is 5. The van der Waals surface area contributed by atoms with Gasteiger partial charge in [0.05, 0.1) is 5.39 Å². The number of hydrogen-bond acceptors (Lipinski definition) is 7. The summed E-state index contributed by atoms with van der Waals surface area (Å²) >= 11 is 0. The second-order valence-electron chi connectivity index (χ2n) is 6.11. The van der Waals surface area contributed by atoms with E-state index >= 15 is 0 Å². The fourth-order valence-corrected chi connectivity index (χ4v) is 2.72. The van der Waals surface area contributed by atoms with Crippen LogP contribution in [-0.2, 0) is 17.8 Å². The van der Waals surface area contributed by atoms with Crippen LogP contribution in [0, 0.1) is 0 Å². The predicted molar refractivity (Wildman–Crippen MR) is 101 cm³/mol. The van der Waals surface area contributed by atoms with Crippen molar-refractivity contribution in [1.82, 2.24) is 10.1 Å². The number of para-hydroxylation sites is 1. The molecule has 28 heavy (non-hydrogen) atoms. The Labute approximate surface area is 159 Å². The van der Waals surface area contributed by atoms with E-state index in [4.69, 9.17) is 13.7 Å². The zero-order valence-electron chi connectivity index (χ0n) is 15.0. The lowest BCUT2D eigenvalue weighted by atomic mass is 10.1. The SMILES string of the molecule is CCc1ccc(-c2noc(COC(=O)c3cc(=O)c4ccccc4o3)n2)cc1. The van der Waals surface area contributed by atoms with Crippen LogP contribution in [0.1, 0.15) is 28.9 Å². The molecule has 0 aliphatic heterocycles. The molecule has 0 aliphatic carbocycles. The maximum Gasteiger partial charge on any atom is 0.374 e. The Hall–Kier alpha value is -3.74. The molecule has 2 aromatic heterocycles. The Bertz CT molecular complexity index is 1190. The van der Waals surface area contributed by atoms with Crippen LogP contribution in [0.15, 0.2) is 68.3 Å². The standard InChI is InChI=1S/C21H16N2O5/c1-2-13-7-9-14(10-8-13)20-22-19(28-23-20)12-26-21(25)18-11-16(24)15-5-3-4-6-17(15)27-18/h3-11H,2,12H2,1H3. The lowest BCUT2D eigenvalue weighted by Gasteiger charge is -2.02. The third-order valence-electron chi connectivity index (χ3n) is 4.25. The van der Waals surface area contributed by atoms with Gasteiger partial charge in [0.2, 0.25) is 11.6 Å². The average molecular weight is 376 g/mol. The molecule has 7 heteroatoms. The fraction of sp³-hybridized carbons (Fsp3) is 0.143. The number of hydrogen-bond donors (Lipinski definition) is 0. The zero-order valence-corrected chi connectivity index (χ0v) is 15.0. The maximum absolute atomic E-state index is 12.2. The van der Waals surface area contributed by atoms with Crippen LogP contribution in [0.2, 0.25) is 0 Å². The summed E-state index contributed by atoms with van der Waals surface area (Å²) in [5.74, 6) is -0.412. The zero-order chi connectivity index (χ0) is 19.5. The third kappa shape index (κ3) is 3.55. The minimum Gasteiger partial charge on any atom is -0.450 e. The second kappa shape index (κ2) is 7.48. The van der Waals surface area contributed by atoms with Gasteiger partial charge in [0.1, 0.15) is 5.58 Å². The normalized spacial score (nSPS) is 10.9. The van der Waals surface area contributed by atoms with Gasteiger partial charge in [0, 0.05) is 11.6 Å². The van der Waals surface area contributed by atoms with E-state index in [9.17, 15) is 9.59 Å². The molecule has 0 spiro atoms. The number of carbonyl (C=O) groups is 1. The summed E-state index contributed by atoms with van der Waals surface area (Å²) < 4.78 is 15.7. The monoisotopic (exact) mass is 376 g/mol. The molecule has 0 bridgehead atoms. The summed E-state index contributed by atoms with van der Waals surface area (Å²) in [5.41, 5.74) is 2.01. The van der Waals surface area contributed by atoms with E-state index in [0.29, 0.717) is 16.8 Å². The summed E-state index contributed by atoms with van der Waals surface area (Å²) in [7, 11) is 0. The topological polar surface area (TPSA) is 95.4 Å². The van der Waals surface area contributed by atoms with Gasteiger partial charge in [0.15, 0.2) is 12.0 Å². The Kier molecular flexibility index (Phi) is 4.72. The number of esters is 1. The first-order chi connectivity index (χ1) is 13.6. The highest BCUT2D eigenvalue weighted by atomic mass is 16.6. The first-order valence-electron chi connectivity index (χ1n) is 8.76. The van der Waals surface area contributed by atoms with Gasteiger partial charge in [-0.25, -0.2) is 4.79 Å². The molecule has 0 atom stereocenters. The Morgan fingerprint density at radius 1 is 1.11 bits per heavy atom. The summed E-state index contributed by atoms with van der Waals surface area (Å²) in [5, 5.41) is 4.29. The molecule has 4 rings (SSSR count). The largest absolute Gasteiger partial charge is 0.450 e. The van der Waals surface area contributed by atoms with Crippen LogP contribution in [0.4, 0.5) is 0 Å². The van der Waals surface area contributed by atoms with Gasteiger partial charge >= 0.3 is 5.97 Å². The van der Waals surface area contributed by atoms with E-state index in [-0.39, 0.29) is 23.7 Å². The van der Waals surface area contributed by atoms with Crippen molar-refractivity contribution in [2.24, 2.45) is 0 Å². The van der Waals surface area contributed by atoms with Gasteiger partial charge in [-0.2, -0.15) is 4.98 Å². The first kappa shape index (κ1) is 17.7. The number of ether oxygens (including phenoxy) is 1. The molecule has 0 aliphatic rings. The number of aryl methyl sites for hydroxylation is 1. The molecule has 0 amide bonds. The highest BCUT2D eigenvalue weighted by molar-refractivity contribution is 5.88. The molecule has 2 aromatic carbocycles. The Balaban J connectivity index is 1.46. The van der Waals surface area contributed by atoms with Crippen LogP contribution in [-0.4, -0.2) is 16.1 Å². The van der Waals surface area contributed by atoms with E-state index in [1.165, 1.54) is 5.56 Å². The maximum atomic E-state index is 12.2. The Morgan fingerprint density at radius 2 is 1.89 bits per heavy atom. The Morgan fingerprint density at radius 3 is 2.68 bits per heavy atom. The van der Waals surface area contributed by atoms with E-state index < -0.39 is 5.97 Å². The number of benzene rings is 2. The quantitative estimate of drug-likeness (QED) is 0.489. The molecule has 0 unspecified atom stereocenters. The molecule has 0 radical (unpaired) electrons. The summed E-state index contributed by atoms with van der Waals surface area (Å²) in [6, 6.07) is 15.6. The van der Waals surface area contributed by atoms with E-state index in [2.05, 4.69) is 17.1 Å². The predicted octanol–water partition coefficient (Wildman–Crippen LogP) is 3.76. The number of aromatic nitrogens is 2. The third-order valence-corrected chi connectivity index (χ3v) is 4.25. The molecular formula is C21H16N2O5. The fourth-order valence-electron chi connectivity index (χ4n) is 2.72. The van der Waals surface area contributed by atoms with Gasteiger partial charge < -0.3 is 13.7 Å². The van der Waals surface area contributed by atoms with E-state index in [1.54, 1.807) is 24.3 Å².